The average Bonchev–Trinajstić information content (AvgIpc) is 2.77. The monoisotopic (exact) mass is 407 g/mol. The molecule has 5 rings (SSSR count). The summed E-state index contributed by atoms with van der Waals surface area (Å²) < 4.78 is 11.6. The predicted octanol–water partition coefficient (Wildman–Crippen LogP) is 3.69. The van der Waals surface area contributed by atoms with E-state index in [1.165, 1.54) is 16.0 Å². The maximum atomic E-state index is 12.4. The summed E-state index contributed by atoms with van der Waals surface area (Å²) in [5.41, 5.74) is 4.23. The van der Waals surface area contributed by atoms with Gasteiger partial charge in [-0.1, -0.05) is 42.1 Å². The summed E-state index contributed by atoms with van der Waals surface area (Å²) >= 11 is 1.69. The van der Waals surface area contributed by atoms with Crippen LogP contribution in [0.3, 0.4) is 0 Å². The number of anilines is 1. The van der Waals surface area contributed by atoms with Gasteiger partial charge in [-0.3, -0.25) is 4.79 Å². The zero-order valence-corrected chi connectivity index (χ0v) is 16.7. The number of aliphatic hydroxyl groups excluding tert-OH is 1. The molecule has 1 fully saturated rings. The Bertz CT molecular complexity index is 1120. The van der Waals surface area contributed by atoms with E-state index < -0.39 is 0 Å². The zero-order chi connectivity index (χ0) is 19.8. The van der Waals surface area contributed by atoms with Crippen LogP contribution in [0.15, 0.2) is 67.5 Å². The van der Waals surface area contributed by atoms with E-state index in [0.29, 0.717) is 37.9 Å². The Morgan fingerprint density at radius 3 is 2.72 bits per heavy atom. The number of morpholine rings is 1. The molecular formula is C23H21NO4S. The van der Waals surface area contributed by atoms with Crippen molar-refractivity contribution in [2.45, 2.75) is 22.8 Å². The molecular weight excluding hydrogens is 386 g/mol. The number of ether oxygens (including phenoxy) is 1. The number of aliphatic hydroxyl groups is 1. The molecule has 1 aromatic heterocycles. The molecule has 0 unspecified atom stereocenters. The minimum Gasteiger partial charge on any atom is -0.440 e. The zero-order valence-electron chi connectivity index (χ0n) is 15.9. The van der Waals surface area contributed by atoms with Gasteiger partial charge in [0.15, 0.2) is 11.3 Å². The quantitative estimate of drug-likeness (QED) is 0.559. The van der Waals surface area contributed by atoms with Gasteiger partial charge < -0.3 is 19.2 Å². The molecule has 0 bridgehead atoms. The number of nitrogens with zero attached hydrogens (tertiary/aromatic N) is 1. The summed E-state index contributed by atoms with van der Waals surface area (Å²) in [5.74, 6) is 1.20. The second-order valence-corrected chi connectivity index (χ2v) is 8.32. The van der Waals surface area contributed by atoms with Gasteiger partial charge in [0.25, 0.3) is 0 Å². The Morgan fingerprint density at radius 2 is 1.90 bits per heavy atom. The summed E-state index contributed by atoms with van der Waals surface area (Å²) in [6, 6.07) is 15.4. The summed E-state index contributed by atoms with van der Waals surface area (Å²) in [6.07, 6.45) is 0.798. The SMILES string of the molecule is O=c1cc(-c2cccc3c2Sc2ccc(CO)cc2C3)oc(N2CCOCC2)c1. The lowest BCUT2D eigenvalue weighted by Crippen LogP contribution is -2.36. The Morgan fingerprint density at radius 1 is 1.03 bits per heavy atom. The van der Waals surface area contributed by atoms with Gasteiger partial charge in [0, 0.05) is 40.6 Å². The van der Waals surface area contributed by atoms with Gasteiger partial charge >= 0.3 is 0 Å². The van der Waals surface area contributed by atoms with Crippen molar-refractivity contribution in [3.63, 3.8) is 0 Å². The average molecular weight is 407 g/mol. The largest absolute Gasteiger partial charge is 0.440 e. The predicted molar refractivity (Wildman–Crippen MR) is 113 cm³/mol. The Balaban J connectivity index is 1.55. The Hall–Kier alpha value is -2.54. The smallest absolute Gasteiger partial charge is 0.200 e. The lowest BCUT2D eigenvalue weighted by atomic mass is 9.99. The molecule has 2 aliphatic heterocycles. The third kappa shape index (κ3) is 3.59. The molecule has 0 atom stereocenters. The van der Waals surface area contributed by atoms with Gasteiger partial charge in [-0.25, -0.2) is 0 Å². The van der Waals surface area contributed by atoms with E-state index in [4.69, 9.17) is 9.15 Å². The first-order valence-corrected chi connectivity index (χ1v) is 10.5. The standard InChI is InChI=1S/C23H21NO4S/c25-14-15-4-5-21-17(10-15)11-16-2-1-3-19(23(16)29-21)20-12-18(26)13-22(28-20)24-6-8-27-9-7-24/h1-5,10,12-13,25H,6-9,11,14H2. The highest BCUT2D eigenvalue weighted by Crippen LogP contribution is 2.45. The molecule has 3 aromatic rings. The molecule has 3 heterocycles. The lowest BCUT2D eigenvalue weighted by Gasteiger charge is -2.27. The highest BCUT2D eigenvalue weighted by molar-refractivity contribution is 7.99. The van der Waals surface area contributed by atoms with Crippen molar-refractivity contribution in [2.24, 2.45) is 0 Å². The molecule has 2 aliphatic rings. The van der Waals surface area contributed by atoms with E-state index >= 15 is 0 Å². The molecule has 0 amide bonds. The van der Waals surface area contributed by atoms with Crippen molar-refractivity contribution < 1.29 is 14.3 Å². The fourth-order valence-corrected chi connectivity index (χ4v) is 5.03. The Labute approximate surface area is 172 Å². The third-order valence-electron chi connectivity index (χ3n) is 5.34. The van der Waals surface area contributed by atoms with Crippen molar-refractivity contribution in [1.82, 2.24) is 0 Å². The van der Waals surface area contributed by atoms with E-state index in [0.717, 1.165) is 22.4 Å². The Kier molecular flexibility index (Phi) is 4.91. The minimum atomic E-state index is -0.0563. The first-order valence-electron chi connectivity index (χ1n) is 9.72. The van der Waals surface area contributed by atoms with Crippen molar-refractivity contribution in [3.8, 4) is 11.3 Å². The number of benzene rings is 2. The van der Waals surface area contributed by atoms with Gasteiger partial charge in [-0.15, -0.1) is 0 Å². The molecule has 0 saturated carbocycles. The molecule has 0 spiro atoms. The van der Waals surface area contributed by atoms with Gasteiger partial charge in [0.05, 0.1) is 19.8 Å². The molecule has 1 saturated heterocycles. The normalized spacial score (nSPS) is 15.7. The number of hydrogen-bond acceptors (Lipinski definition) is 6. The fraction of sp³-hybridized carbons (Fsp3) is 0.261. The van der Waals surface area contributed by atoms with Crippen molar-refractivity contribution in [2.75, 3.05) is 31.2 Å². The van der Waals surface area contributed by atoms with Crippen LogP contribution >= 0.6 is 11.8 Å². The van der Waals surface area contributed by atoms with E-state index in [-0.39, 0.29) is 12.0 Å². The molecule has 29 heavy (non-hydrogen) atoms. The van der Waals surface area contributed by atoms with Crippen LogP contribution in [0.4, 0.5) is 5.88 Å². The summed E-state index contributed by atoms with van der Waals surface area (Å²) in [5, 5.41) is 9.43. The summed E-state index contributed by atoms with van der Waals surface area (Å²) in [4.78, 5) is 16.8. The van der Waals surface area contributed by atoms with Crippen LogP contribution < -0.4 is 10.3 Å². The van der Waals surface area contributed by atoms with E-state index in [2.05, 4.69) is 23.1 Å². The van der Waals surface area contributed by atoms with Crippen LogP contribution in [0, 0.1) is 0 Å². The molecule has 2 aromatic carbocycles. The van der Waals surface area contributed by atoms with Gasteiger partial charge in [-0.05, 0) is 29.2 Å². The minimum absolute atomic E-state index is 0.0460. The topological polar surface area (TPSA) is 62.9 Å². The van der Waals surface area contributed by atoms with Crippen LogP contribution in [0.25, 0.3) is 11.3 Å². The first kappa shape index (κ1) is 18.5. The number of hydrogen-bond donors (Lipinski definition) is 1. The van der Waals surface area contributed by atoms with Gasteiger partial charge in [0.2, 0.25) is 0 Å². The lowest BCUT2D eigenvalue weighted by molar-refractivity contribution is 0.120. The maximum absolute atomic E-state index is 12.4. The first-order chi connectivity index (χ1) is 14.2. The molecule has 148 valence electrons. The second-order valence-electron chi connectivity index (χ2n) is 7.27. The van der Waals surface area contributed by atoms with Gasteiger partial charge in [0.1, 0.15) is 5.76 Å². The summed E-state index contributed by atoms with van der Waals surface area (Å²) in [7, 11) is 0. The molecule has 1 N–H and O–H groups in total. The summed E-state index contributed by atoms with van der Waals surface area (Å²) in [6.45, 7) is 2.75. The van der Waals surface area contributed by atoms with Crippen molar-refractivity contribution in [1.29, 1.82) is 0 Å². The van der Waals surface area contributed by atoms with Crippen LogP contribution in [-0.4, -0.2) is 31.4 Å². The highest BCUT2D eigenvalue weighted by atomic mass is 32.2. The molecule has 5 nitrogen and oxygen atoms in total. The fourth-order valence-electron chi connectivity index (χ4n) is 3.86. The third-order valence-corrected chi connectivity index (χ3v) is 6.64. The molecule has 0 aliphatic carbocycles. The van der Waals surface area contributed by atoms with Crippen molar-refractivity contribution in [3.05, 3.63) is 75.4 Å². The second kappa shape index (κ2) is 7.71. The number of fused-ring (bicyclic) bond motifs is 2. The van der Waals surface area contributed by atoms with E-state index in [9.17, 15) is 9.90 Å². The van der Waals surface area contributed by atoms with Crippen LogP contribution in [-0.2, 0) is 17.8 Å². The maximum Gasteiger partial charge on any atom is 0.200 e. The van der Waals surface area contributed by atoms with E-state index in [1.807, 2.05) is 18.2 Å². The van der Waals surface area contributed by atoms with Gasteiger partial charge in [-0.2, -0.15) is 0 Å². The molecule has 0 radical (unpaired) electrons. The molecule has 6 heteroatoms. The van der Waals surface area contributed by atoms with Crippen LogP contribution in [0.1, 0.15) is 16.7 Å². The van der Waals surface area contributed by atoms with E-state index in [1.54, 1.807) is 23.9 Å². The van der Waals surface area contributed by atoms with Crippen LogP contribution in [0.5, 0.6) is 0 Å². The van der Waals surface area contributed by atoms with Crippen LogP contribution in [0.2, 0.25) is 0 Å². The van der Waals surface area contributed by atoms with Crippen molar-refractivity contribution >= 4 is 17.6 Å². The highest BCUT2D eigenvalue weighted by Gasteiger charge is 2.22. The number of rotatable bonds is 3.